The summed E-state index contributed by atoms with van der Waals surface area (Å²) < 4.78 is 34.1. The predicted molar refractivity (Wildman–Crippen MR) is 90.1 cm³/mol. The number of halogens is 2. The van der Waals surface area contributed by atoms with E-state index < -0.39 is 29.2 Å². The molecule has 0 spiro atoms. The molecule has 3 rings (SSSR count). The van der Waals surface area contributed by atoms with Gasteiger partial charge in [0.1, 0.15) is 22.1 Å². The van der Waals surface area contributed by atoms with Gasteiger partial charge in [-0.3, -0.25) is 4.90 Å². The summed E-state index contributed by atoms with van der Waals surface area (Å²) in [5.74, 6) is -1.65. The van der Waals surface area contributed by atoms with Crippen molar-refractivity contribution in [2.75, 3.05) is 18.0 Å². The lowest BCUT2D eigenvalue weighted by molar-refractivity contribution is 0.143. The number of nitrogens with zero attached hydrogens (tertiary/aromatic N) is 2. The van der Waals surface area contributed by atoms with E-state index in [1.165, 1.54) is 0 Å². The molecule has 2 fully saturated rings. The van der Waals surface area contributed by atoms with Crippen LogP contribution in [0.4, 0.5) is 19.3 Å². The van der Waals surface area contributed by atoms with Crippen molar-refractivity contribution in [3.05, 3.63) is 29.3 Å². The summed E-state index contributed by atoms with van der Waals surface area (Å²) in [6, 6.07) is 4.10. The molecule has 1 aliphatic carbocycles. The maximum absolute atomic E-state index is 14.4. The molecule has 0 aromatic heterocycles. The third kappa shape index (κ3) is 3.03. The number of benzene rings is 1. The van der Waals surface area contributed by atoms with Crippen molar-refractivity contribution in [1.29, 1.82) is 5.26 Å². The summed E-state index contributed by atoms with van der Waals surface area (Å²) in [5.41, 5.74) is -1.24. The number of cyclic esters (lactones) is 1. The van der Waals surface area contributed by atoms with Gasteiger partial charge in [-0.25, -0.2) is 13.6 Å². The minimum atomic E-state index is -1.08. The summed E-state index contributed by atoms with van der Waals surface area (Å²) >= 11 is 8.66. The van der Waals surface area contributed by atoms with Gasteiger partial charge in [0.2, 0.25) is 0 Å². The Bertz CT molecular complexity index is 739. The SMILES string of the molecule is N#CC1(c2c(F)cc(N3C[C@H](CNC(=S)S)OC3=O)cc2F)CC1. The molecule has 24 heavy (non-hydrogen) atoms. The molecule has 126 valence electrons. The molecule has 5 nitrogen and oxygen atoms in total. The molecule has 9 heteroatoms. The van der Waals surface area contributed by atoms with Crippen LogP contribution >= 0.6 is 24.8 Å². The first-order chi connectivity index (χ1) is 11.4. The van der Waals surface area contributed by atoms with Crippen LogP contribution in [0.15, 0.2) is 12.1 Å². The normalized spacial score (nSPS) is 21.2. The Morgan fingerprint density at radius 3 is 2.62 bits per heavy atom. The average molecular weight is 369 g/mol. The quantitative estimate of drug-likeness (QED) is 0.631. The third-order valence-electron chi connectivity index (χ3n) is 4.14. The van der Waals surface area contributed by atoms with Crippen molar-refractivity contribution < 1.29 is 18.3 Å². The van der Waals surface area contributed by atoms with E-state index in [0.29, 0.717) is 12.8 Å². The number of nitrogens with one attached hydrogen (secondary N) is 1. The van der Waals surface area contributed by atoms with Crippen LogP contribution in [0.5, 0.6) is 0 Å². The molecular formula is C15H13F2N3O2S2. The van der Waals surface area contributed by atoms with Crippen LogP contribution in [0.2, 0.25) is 0 Å². The number of rotatable bonds is 4. The molecule has 0 bridgehead atoms. The Hall–Kier alpha value is -1.92. The lowest BCUT2D eigenvalue weighted by Crippen LogP contribution is -2.32. The number of hydrogen-bond donors (Lipinski definition) is 2. The molecule has 0 unspecified atom stereocenters. The van der Waals surface area contributed by atoms with Crippen LogP contribution in [-0.2, 0) is 10.2 Å². The number of thiocarbonyl (C=S) groups is 1. The molecule has 1 N–H and O–H groups in total. The Morgan fingerprint density at radius 1 is 1.50 bits per heavy atom. The molecule has 2 aliphatic rings. The first kappa shape index (κ1) is 16.9. The van der Waals surface area contributed by atoms with Gasteiger partial charge in [-0.2, -0.15) is 5.26 Å². The number of amides is 1. The third-order valence-corrected chi connectivity index (χ3v) is 4.44. The maximum Gasteiger partial charge on any atom is 0.414 e. The fraction of sp³-hybridized carbons (Fsp3) is 0.400. The number of nitriles is 1. The minimum Gasteiger partial charge on any atom is -0.442 e. The van der Waals surface area contributed by atoms with Gasteiger partial charge in [0.25, 0.3) is 0 Å². The second-order valence-electron chi connectivity index (χ2n) is 5.78. The van der Waals surface area contributed by atoms with Crippen LogP contribution in [0.1, 0.15) is 18.4 Å². The van der Waals surface area contributed by atoms with E-state index >= 15 is 0 Å². The number of ether oxygens (including phenoxy) is 1. The molecule has 1 atom stereocenters. The molecule has 1 aromatic rings. The van der Waals surface area contributed by atoms with Gasteiger partial charge >= 0.3 is 6.09 Å². The monoisotopic (exact) mass is 369 g/mol. The van der Waals surface area contributed by atoms with Crippen molar-refractivity contribution >= 4 is 40.9 Å². The summed E-state index contributed by atoms with van der Waals surface area (Å²) in [5, 5.41) is 11.9. The van der Waals surface area contributed by atoms with Gasteiger partial charge < -0.3 is 10.1 Å². The van der Waals surface area contributed by atoms with E-state index in [1.54, 1.807) is 0 Å². The number of carbonyl (C=O) groups excluding carboxylic acids is 1. The molecule has 1 amide bonds. The largest absolute Gasteiger partial charge is 0.442 e. The zero-order valence-electron chi connectivity index (χ0n) is 12.4. The first-order valence-corrected chi connectivity index (χ1v) is 8.07. The zero-order chi connectivity index (χ0) is 17.5. The molecular weight excluding hydrogens is 356 g/mol. The highest BCUT2D eigenvalue weighted by Crippen LogP contribution is 2.50. The van der Waals surface area contributed by atoms with E-state index in [-0.39, 0.29) is 28.7 Å². The Kier molecular flexibility index (Phi) is 4.36. The van der Waals surface area contributed by atoms with Crippen LogP contribution in [0, 0.1) is 23.0 Å². The molecule has 1 aliphatic heterocycles. The second-order valence-corrected chi connectivity index (χ2v) is 6.94. The van der Waals surface area contributed by atoms with E-state index in [0.717, 1.165) is 17.0 Å². The van der Waals surface area contributed by atoms with Crippen LogP contribution < -0.4 is 10.2 Å². The van der Waals surface area contributed by atoms with Crippen molar-refractivity contribution in [2.45, 2.75) is 24.4 Å². The Balaban J connectivity index is 1.82. The van der Waals surface area contributed by atoms with Gasteiger partial charge in [-0.15, -0.1) is 12.6 Å². The lowest BCUT2D eigenvalue weighted by Gasteiger charge is -2.16. The summed E-state index contributed by atoms with van der Waals surface area (Å²) in [6.07, 6.45) is -0.346. The van der Waals surface area contributed by atoms with Crippen LogP contribution in [-0.4, -0.2) is 29.6 Å². The van der Waals surface area contributed by atoms with Crippen molar-refractivity contribution in [2.24, 2.45) is 0 Å². The molecule has 1 heterocycles. The van der Waals surface area contributed by atoms with E-state index in [1.807, 2.05) is 6.07 Å². The van der Waals surface area contributed by atoms with Gasteiger partial charge in [0.05, 0.1) is 30.3 Å². The fourth-order valence-corrected chi connectivity index (χ4v) is 2.93. The smallest absolute Gasteiger partial charge is 0.414 e. The average Bonchev–Trinajstić information content (AvgIpc) is 3.20. The summed E-state index contributed by atoms with van der Waals surface area (Å²) in [4.78, 5) is 13.1. The highest BCUT2D eigenvalue weighted by Gasteiger charge is 2.49. The molecule has 1 saturated carbocycles. The van der Waals surface area contributed by atoms with Gasteiger partial charge in [-0.05, 0) is 25.0 Å². The Morgan fingerprint density at radius 2 is 2.12 bits per heavy atom. The number of hydrogen-bond acceptors (Lipinski definition) is 4. The zero-order valence-corrected chi connectivity index (χ0v) is 14.1. The minimum absolute atomic E-state index is 0.0587. The van der Waals surface area contributed by atoms with Gasteiger partial charge in [0.15, 0.2) is 0 Å². The van der Waals surface area contributed by atoms with Gasteiger partial charge in [-0.1, -0.05) is 12.2 Å². The first-order valence-electron chi connectivity index (χ1n) is 7.22. The van der Waals surface area contributed by atoms with E-state index in [4.69, 9.17) is 22.2 Å². The molecule has 1 saturated heterocycles. The van der Waals surface area contributed by atoms with E-state index in [9.17, 15) is 13.6 Å². The highest BCUT2D eigenvalue weighted by molar-refractivity contribution is 8.11. The topological polar surface area (TPSA) is 65.4 Å². The molecule has 1 aromatic carbocycles. The highest BCUT2D eigenvalue weighted by atomic mass is 32.1. The summed E-state index contributed by atoms with van der Waals surface area (Å²) in [7, 11) is 0. The van der Waals surface area contributed by atoms with Crippen molar-refractivity contribution in [1.82, 2.24) is 5.32 Å². The van der Waals surface area contributed by atoms with E-state index in [2.05, 4.69) is 17.9 Å². The van der Waals surface area contributed by atoms with Gasteiger partial charge in [0, 0.05) is 5.56 Å². The molecule has 0 radical (unpaired) electrons. The predicted octanol–water partition coefficient (Wildman–Crippen LogP) is 2.65. The number of anilines is 1. The summed E-state index contributed by atoms with van der Waals surface area (Å²) in [6.45, 7) is 0.384. The Labute approximate surface area is 148 Å². The lowest BCUT2D eigenvalue weighted by atomic mass is 9.96. The standard InChI is InChI=1S/C15H13F2N3O2S2/c16-10-3-8(4-11(17)12(10)15(7-18)1-2-15)20-6-9(22-14(20)21)5-19-13(23)24/h3-4,9H,1-2,5-6H2,(H2,19,23,24)/t9-/m0/s1. The second kappa shape index (κ2) is 6.18. The fourth-order valence-electron chi connectivity index (χ4n) is 2.76. The van der Waals surface area contributed by atoms with Crippen molar-refractivity contribution in [3.8, 4) is 6.07 Å². The van der Waals surface area contributed by atoms with Crippen LogP contribution in [0.25, 0.3) is 0 Å². The van der Waals surface area contributed by atoms with Crippen molar-refractivity contribution in [3.63, 3.8) is 0 Å². The maximum atomic E-state index is 14.4. The number of thiol groups is 1. The van der Waals surface area contributed by atoms with Crippen LogP contribution in [0.3, 0.4) is 0 Å². The number of carbonyl (C=O) groups is 1.